The third-order valence-corrected chi connectivity index (χ3v) is 5.41. The van der Waals surface area contributed by atoms with Gasteiger partial charge in [-0.25, -0.2) is 8.42 Å². The Labute approximate surface area is 183 Å². The molecule has 1 amide bonds. The van der Waals surface area contributed by atoms with Crippen LogP contribution in [0.5, 0.6) is 11.5 Å². The Kier molecular flexibility index (Phi) is 6.73. The van der Waals surface area contributed by atoms with E-state index < -0.39 is 34.2 Å². The predicted molar refractivity (Wildman–Crippen MR) is 115 cm³/mol. The standard InChI is InChI=1S/C22H19F3N2O4S/c1-32(29,30)27(18-7-5-6-16(14-18)22(23,24)25)15-21(28)26-17-10-12-20(13-11-17)31-19-8-3-2-4-9-19/h2-14H,15H2,1H3,(H,26,28). The van der Waals surface area contributed by atoms with Crippen LogP contribution in [0.2, 0.25) is 0 Å². The van der Waals surface area contributed by atoms with E-state index in [0.717, 1.165) is 18.4 Å². The zero-order valence-electron chi connectivity index (χ0n) is 16.8. The lowest BCUT2D eigenvalue weighted by Crippen LogP contribution is -2.37. The van der Waals surface area contributed by atoms with Crippen LogP contribution in [0.4, 0.5) is 24.5 Å². The second-order valence-electron chi connectivity index (χ2n) is 6.81. The molecular formula is C22H19F3N2O4S. The summed E-state index contributed by atoms with van der Waals surface area (Å²) in [5, 5.41) is 2.53. The van der Waals surface area contributed by atoms with Crippen molar-refractivity contribution >= 4 is 27.3 Å². The van der Waals surface area contributed by atoms with Gasteiger partial charge in [-0.15, -0.1) is 0 Å². The van der Waals surface area contributed by atoms with Crippen LogP contribution in [0.3, 0.4) is 0 Å². The molecule has 3 aromatic rings. The quantitative estimate of drug-likeness (QED) is 0.540. The molecule has 0 radical (unpaired) electrons. The van der Waals surface area contributed by atoms with Crippen LogP contribution in [0, 0.1) is 0 Å². The Morgan fingerprint density at radius 2 is 1.56 bits per heavy atom. The summed E-state index contributed by atoms with van der Waals surface area (Å²) in [5.74, 6) is 0.439. The van der Waals surface area contributed by atoms with E-state index in [1.165, 1.54) is 6.07 Å². The van der Waals surface area contributed by atoms with Crippen LogP contribution in [0.25, 0.3) is 0 Å². The molecule has 168 valence electrons. The lowest BCUT2D eigenvalue weighted by molar-refractivity contribution is -0.137. The Bertz CT molecular complexity index is 1180. The van der Waals surface area contributed by atoms with Gasteiger partial charge in [-0.2, -0.15) is 13.2 Å². The third kappa shape index (κ3) is 6.24. The first-order valence-corrected chi connectivity index (χ1v) is 11.1. The summed E-state index contributed by atoms with van der Waals surface area (Å²) in [4.78, 5) is 12.4. The average Bonchev–Trinajstić information content (AvgIpc) is 2.73. The number of benzene rings is 3. The number of amides is 1. The lowest BCUT2D eigenvalue weighted by Gasteiger charge is -2.22. The van der Waals surface area contributed by atoms with Gasteiger partial charge >= 0.3 is 6.18 Å². The number of halogens is 3. The topological polar surface area (TPSA) is 75.7 Å². The number of nitrogens with zero attached hydrogens (tertiary/aromatic N) is 1. The molecule has 3 rings (SSSR count). The smallest absolute Gasteiger partial charge is 0.416 e. The van der Waals surface area contributed by atoms with E-state index in [2.05, 4.69) is 5.32 Å². The second-order valence-corrected chi connectivity index (χ2v) is 8.71. The summed E-state index contributed by atoms with van der Waals surface area (Å²) in [6.07, 6.45) is -3.83. The number of ether oxygens (including phenoxy) is 1. The number of anilines is 2. The summed E-state index contributed by atoms with van der Waals surface area (Å²) >= 11 is 0. The van der Waals surface area contributed by atoms with Gasteiger partial charge in [0.1, 0.15) is 18.0 Å². The molecule has 0 aliphatic carbocycles. The van der Waals surface area contributed by atoms with Crippen molar-refractivity contribution < 1.29 is 31.1 Å². The monoisotopic (exact) mass is 464 g/mol. The van der Waals surface area contributed by atoms with Gasteiger partial charge in [0.25, 0.3) is 0 Å². The van der Waals surface area contributed by atoms with Crippen LogP contribution in [-0.4, -0.2) is 27.1 Å². The number of carbonyl (C=O) groups excluding carboxylic acids is 1. The average molecular weight is 464 g/mol. The number of sulfonamides is 1. The van der Waals surface area contributed by atoms with Gasteiger partial charge in [0, 0.05) is 5.69 Å². The third-order valence-electron chi connectivity index (χ3n) is 4.27. The van der Waals surface area contributed by atoms with E-state index in [-0.39, 0.29) is 5.69 Å². The number of alkyl halides is 3. The van der Waals surface area contributed by atoms with Gasteiger partial charge < -0.3 is 10.1 Å². The van der Waals surface area contributed by atoms with E-state index in [1.807, 2.05) is 18.2 Å². The Morgan fingerprint density at radius 1 is 0.938 bits per heavy atom. The van der Waals surface area contributed by atoms with Gasteiger partial charge in [0.2, 0.25) is 15.9 Å². The molecule has 0 aromatic heterocycles. The van der Waals surface area contributed by atoms with Crippen molar-refractivity contribution in [1.82, 2.24) is 0 Å². The fraction of sp³-hybridized carbons (Fsp3) is 0.136. The van der Waals surface area contributed by atoms with Crippen molar-refractivity contribution in [3.05, 3.63) is 84.4 Å². The first-order valence-electron chi connectivity index (χ1n) is 9.30. The van der Waals surface area contributed by atoms with Crippen LogP contribution in [0.1, 0.15) is 5.56 Å². The minimum absolute atomic E-state index is 0.260. The molecule has 0 aliphatic rings. The Morgan fingerprint density at radius 3 is 2.16 bits per heavy atom. The van der Waals surface area contributed by atoms with E-state index in [1.54, 1.807) is 36.4 Å². The van der Waals surface area contributed by atoms with Crippen molar-refractivity contribution in [2.45, 2.75) is 6.18 Å². The van der Waals surface area contributed by atoms with Gasteiger partial charge in [-0.3, -0.25) is 9.10 Å². The molecule has 0 aliphatic heterocycles. The molecule has 0 saturated carbocycles. The number of nitrogens with one attached hydrogen (secondary N) is 1. The van der Waals surface area contributed by atoms with Crippen LogP contribution >= 0.6 is 0 Å². The molecule has 0 atom stereocenters. The molecule has 0 saturated heterocycles. The van der Waals surface area contributed by atoms with Gasteiger partial charge in [-0.05, 0) is 54.6 Å². The molecule has 32 heavy (non-hydrogen) atoms. The first kappa shape index (κ1) is 23.1. The number of para-hydroxylation sites is 1. The number of hydrogen-bond donors (Lipinski definition) is 1. The van der Waals surface area contributed by atoms with E-state index in [9.17, 15) is 26.4 Å². The molecule has 1 N–H and O–H groups in total. The predicted octanol–water partition coefficient (Wildman–Crippen LogP) is 4.90. The molecule has 3 aromatic carbocycles. The first-order chi connectivity index (χ1) is 15.0. The maximum Gasteiger partial charge on any atom is 0.416 e. The maximum absolute atomic E-state index is 13.0. The van der Waals surface area contributed by atoms with Crippen molar-refractivity contribution in [2.24, 2.45) is 0 Å². The van der Waals surface area contributed by atoms with Gasteiger partial charge in [-0.1, -0.05) is 24.3 Å². The zero-order valence-corrected chi connectivity index (χ0v) is 17.7. The molecule has 0 unspecified atom stereocenters. The van der Waals surface area contributed by atoms with E-state index >= 15 is 0 Å². The molecule has 0 bridgehead atoms. The summed E-state index contributed by atoms with van der Waals surface area (Å²) < 4.78 is 69.5. The highest BCUT2D eigenvalue weighted by molar-refractivity contribution is 7.92. The lowest BCUT2D eigenvalue weighted by atomic mass is 10.2. The van der Waals surface area contributed by atoms with Gasteiger partial charge in [0.05, 0.1) is 17.5 Å². The molecule has 0 heterocycles. The zero-order chi connectivity index (χ0) is 23.4. The minimum Gasteiger partial charge on any atom is -0.457 e. The maximum atomic E-state index is 13.0. The normalized spacial score (nSPS) is 11.6. The highest BCUT2D eigenvalue weighted by Crippen LogP contribution is 2.32. The molecule has 10 heteroatoms. The summed E-state index contributed by atoms with van der Waals surface area (Å²) in [7, 11) is -4.02. The molecular weight excluding hydrogens is 445 g/mol. The molecule has 0 spiro atoms. The largest absolute Gasteiger partial charge is 0.457 e. The highest BCUT2D eigenvalue weighted by atomic mass is 32.2. The van der Waals surface area contributed by atoms with Crippen LogP contribution < -0.4 is 14.4 Å². The van der Waals surface area contributed by atoms with E-state index in [0.29, 0.717) is 27.6 Å². The van der Waals surface area contributed by atoms with Crippen molar-refractivity contribution in [3.8, 4) is 11.5 Å². The Balaban J connectivity index is 1.71. The van der Waals surface area contributed by atoms with E-state index in [4.69, 9.17) is 4.74 Å². The highest BCUT2D eigenvalue weighted by Gasteiger charge is 2.32. The summed E-state index contributed by atoms with van der Waals surface area (Å²) in [6.45, 7) is -0.692. The number of carbonyl (C=O) groups is 1. The Hall–Kier alpha value is -3.53. The summed E-state index contributed by atoms with van der Waals surface area (Å²) in [6, 6.07) is 19.2. The van der Waals surface area contributed by atoms with Crippen molar-refractivity contribution in [3.63, 3.8) is 0 Å². The van der Waals surface area contributed by atoms with Crippen LogP contribution in [-0.2, 0) is 21.0 Å². The van der Waals surface area contributed by atoms with Crippen molar-refractivity contribution in [1.29, 1.82) is 0 Å². The molecule has 6 nitrogen and oxygen atoms in total. The van der Waals surface area contributed by atoms with Gasteiger partial charge in [0.15, 0.2) is 0 Å². The SMILES string of the molecule is CS(=O)(=O)N(CC(=O)Nc1ccc(Oc2ccccc2)cc1)c1cccc(C(F)(F)F)c1. The minimum atomic E-state index is -4.65. The number of rotatable bonds is 7. The van der Waals surface area contributed by atoms with Crippen LogP contribution in [0.15, 0.2) is 78.9 Å². The summed E-state index contributed by atoms with van der Waals surface area (Å²) in [5.41, 5.74) is -0.907. The fourth-order valence-electron chi connectivity index (χ4n) is 2.80. The number of hydrogen-bond acceptors (Lipinski definition) is 4. The second kappa shape index (κ2) is 9.31. The molecule has 0 fully saturated rings. The van der Waals surface area contributed by atoms with Crippen molar-refractivity contribution in [2.75, 3.05) is 22.4 Å². The fourth-order valence-corrected chi connectivity index (χ4v) is 3.65.